The van der Waals surface area contributed by atoms with Crippen LogP contribution in [0.2, 0.25) is 0 Å². The third-order valence-corrected chi connectivity index (χ3v) is 3.44. The predicted octanol–water partition coefficient (Wildman–Crippen LogP) is 3.31. The summed E-state index contributed by atoms with van der Waals surface area (Å²) in [4.78, 5) is 28.7. The molecule has 1 heterocycles. The number of amides is 1. The summed E-state index contributed by atoms with van der Waals surface area (Å²) in [6.45, 7) is 12.7. The highest BCUT2D eigenvalue weighted by Gasteiger charge is 2.28. The molecule has 1 amide bonds. The van der Waals surface area contributed by atoms with E-state index in [0.29, 0.717) is 17.3 Å². The van der Waals surface area contributed by atoms with Gasteiger partial charge in [-0.2, -0.15) is 5.10 Å². The number of benzene rings is 1. The van der Waals surface area contributed by atoms with Crippen LogP contribution in [-0.2, 0) is 9.59 Å². The number of hydrogen-bond acceptors (Lipinski definition) is 4. The van der Waals surface area contributed by atoms with Crippen LogP contribution < -0.4 is 5.32 Å². The predicted molar refractivity (Wildman–Crippen MR) is 95.1 cm³/mol. The molecular formula is C18H26N4O2. The second-order valence-corrected chi connectivity index (χ2v) is 5.47. The maximum absolute atomic E-state index is 12.6. The molecule has 0 aliphatic heterocycles. The van der Waals surface area contributed by atoms with Crippen molar-refractivity contribution < 1.29 is 9.59 Å². The molecule has 1 N–H and O–H groups in total. The Hall–Kier alpha value is -2.50. The standard InChI is InChI=1S/C16H20N4O2.C2H6/c1-9-6-7-10(2)14(8-9)18-16(22)15(11(3)21)20-13(5)17-12(4)19-20;1-2/h6-8,15H,1-5H3,(H,18,22);1-2H3. The first-order valence-electron chi connectivity index (χ1n) is 8.08. The van der Waals surface area contributed by atoms with E-state index in [1.165, 1.54) is 11.6 Å². The van der Waals surface area contributed by atoms with E-state index in [-0.39, 0.29) is 5.78 Å². The molecule has 1 aromatic carbocycles. The van der Waals surface area contributed by atoms with Gasteiger partial charge in [0.05, 0.1) is 0 Å². The Labute approximate surface area is 143 Å². The number of aromatic nitrogens is 3. The summed E-state index contributed by atoms with van der Waals surface area (Å²) in [6, 6.07) is 4.77. The zero-order valence-corrected chi connectivity index (χ0v) is 15.5. The lowest BCUT2D eigenvalue weighted by molar-refractivity contribution is -0.129. The van der Waals surface area contributed by atoms with Gasteiger partial charge in [-0.25, -0.2) is 9.67 Å². The van der Waals surface area contributed by atoms with E-state index in [4.69, 9.17) is 0 Å². The molecule has 0 saturated heterocycles. The number of nitrogens with zero attached hydrogens (tertiary/aromatic N) is 3. The summed E-state index contributed by atoms with van der Waals surface area (Å²) in [5.41, 5.74) is 2.67. The van der Waals surface area contributed by atoms with Gasteiger partial charge in [-0.1, -0.05) is 26.0 Å². The summed E-state index contributed by atoms with van der Waals surface area (Å²) >= 11 is 0. The first-order chi connectivity index (χ1) is 11.3. The van der Waals surface area contributed by atoms with Crippen molar-refractivity contribution in [3.8, 4) is 0 Å². The van der Waals surface area contributed by atoms with E-state index in [1.807, 2.05) is 45.9 Å². The second-order valence-electron chi connectivity index (χ2n) is 5.47. The van der Waals surface area contributed by atoms with Gasteiger partial charge >= 0.3 is 0 Å². The molecule has 6 heteroatoms. The van der Waals surface area contributed by atoms with Gasteiger partial charge in [-0.15, -0.1) is 0 Å². The van der Waals surface area contributed by atoms with Gasteiger partial charge in [0.1, 0.15) is 11.6 Å². The summed E-state index contributed by atoms with van der Waals surface area (Å²) in [5.74, 6) is 0.377. The van der Waals surface area contributed by atoms with Crippen molar-refractivity contribution >= 4 is 17.4 Å². The summed E-state index contributed by atoms with van der Waals surface area (Å²) in [7, 11) is 0. The lowest BCUT2D eigenvalue weighted by Crippen LogP contribution is -2.32. The molecule has 0 aliphatic rings. The fourth-order valence-corrected chi connectivity index (χ4v) is 2.32. The highest BCUT2D eigenvalue weighted by molar-refractivity contribution is 6.08. The first kappa shape index (κ1) is 19.5. The van der Waals surface area contributed by atoms with Gasteiger partial charge < -0.3 is 5.32 Å². The van der Waals surface area contributed by atoms with E-state index in [9.17, 15) is 9.59 Å². The van der Waals surface area contributed by atoms with Crippen LogP contribution in [0, 0.1) is 27.7 Å². The number of carbonyl (C=O) groups excluding carboxylic acids is 2. The van der Waals surface area contributed by atoms with Gasteiger partial charge in [-0.3, -0.25) is 9.59 Å². The summed E-state index contributed by atoms with van der Waals surface area (Å²) in [5, 5.41) is 6.98. The zero-order valence-electron chi connectivity index (χ0n) is 15.5. The third kappa shape index (κ3) is 4.50. The van der Waals surface area contributed by atoms with Gasteiger partial charge in [0.25, 0.3) is 5.91 Å². The Morgan fingerprint density at radius 3 is 2.25 bits per heavy atom. The highest BCUT2D eigenvalue weighted by atomic mass is 16.2. The number of nitrogens with one attached hydrogen (secondary N) is 1. The number of rotatable bonds is 4. The topological polar surface area (TPSA) is 76.9 Å². The average Bonchev–Trinajstić information content (AvgIpc) is 2.83. The largest absolute Gasteiger partial charge is 0.324 e. The number of ketones is 1. The molecule has 0 aliphatic carbocycles. The molecule has 1 unspecified atom stereocenters. The Morgan fingerprint density at radius 1 is 1.12 bits per heavy atom. The molecule has 0 bridgehead atoms. The lowest BCUT2D eigenvalue weighted by Gasteiger charge is -2.16. The molecule has 0 spiro atoms. The smallest absolute Gasteiger partial charge is 0.257 e. The Kier molecular flexibility index (Phi) is 6.82. The third-order valence-electron chi connectivity index (χ3n) is 3.44. The van der Waals surface area contributed by atoms with E-state index in [1.54, 1.807) is 13.8 Å². The monoisotopic (exact) mass is 330 g/mol. The van der Waals surface area contributed by atoms with Crippen LogP contribution in [0.3, 0.4) is 0 Å². The Bertz CT molecular complexity index is 735. The van der Waals surface area contributed by atoms with Crippen LogP contribution in [0.4, 0.5) is 5.69 Å². The number of aryl methyl sites for hydroxylation is 4. The van der Waals surface area contributed by atoms with Crippen LogP contribution >= 0.6 is 0 Å². The lowest BCUT2D eigenvalue weighted by atomic mass is 10.1. The number of anilines is 1. The maximum atomic E-state index is 12.6. The maximum Gasteiger partial charge on any atom is 0.257 e. The van der Waals surface area contributed by atoms with Crippen LogP contribution in [0.15, 0.2) is 18.2 Å². The molecule has 0 saturated carbocycles. The van der Waals surface area contributed by atoms with Crippen LogP contribution in [0.25, 0.3) is 0 Å². The van der Waals surface area contributed by atoms with Gasteiger partial charge in [0.2, 0.25) is 0 Å². The summed E-state index contributed by atoms with van der Waals surface area (Å²) in [6.07, 6.45) is 0. The van der Waals surface area contributed by atoms with Crippen LogP contribution in [0.1, 0.15) is 49.6 Å². The van der Waals surface area contributed by atoms with Crippen molar-refractivity contribution in [2.24, 2.45) is 0 Å². The molecule has 1 atom stereocenters. The quantitative estimate of drug-likeness (QED) is 0.873. The summed E-state index contributed by atoms with van der Waals surface area (Å²) < 4.78 is 1.37. The molecular weight excluding hydrogens is 304 g/mol. The van der Waals surface area contributed by atoms with Crippen molar-refractivity contribution in [1.29, 1.82) is 0 Å². The SMILES string of the molecule is CC.CC(=O)C(C(=O)Nc1cc(C)ccc1C)n1nc(C)nc1C. The highest BCUT2D eigenvalue weighted by Crippen LogP contribution is 2.19. The molecule has 2 aromatic rings. The minimum Gasteiger partial charge on any atom is -0.324 e. The Morgan fingerprint density at radius 2 is 1.75 bits per heavy atom. The fraction of sp³-hybridized carbons (Fsp3) is 0.444. The van der Waals surface area contributed by atoms with Crippen LogP contribution in [-0.4, -0.2) is 26.5 Å². The number of hydrogen-bond donors (Lipinski definition) is 1. The number of carbonyl (C=O) groups is 2. The van der Waals surface area contributed by atoms with Gasteiger partial charge in [0.15, 0.2) is 11.8 Å². The van der Waals surface area contributed by atoms with Crippen molar-refractivity contribution in [3.63, 3.8) is 0 Å². The molecule has 1 aromatic heterocycles. The van der Waals surface area contributed by atoms with Crippen molar-refractivity contribution in [3.05, 3.63) is 41.0 Å². The minimum atomic E-state index is -1.01. The molecule has 0 radical (unpaired) electrons. The van der Waals surface area contributed by atoms with Gasteiger partial charge in [0, 0.05) is 5.69 Å². The number of Topliss-reactive ketones (excluding diaryl/α,β-unsaturated/α-hetero) is 1. The first-order valence-corrected chi connectivity index (χ1v) is 8.08. The molecule has 24 heavy (non-hydrogen) atoms. The zero-order chi connectivity index (χ0) is 18.4. The average molecular weight is 330 g/mol. The van der Waals surface area contributed by atoms with Crippen molar-refractivity contribution in [1.82, 2.24) is 14.8 Å². The van der Waals surface area contributed by atoms with E-state index >= 15 is 0 Å². The molecule has 0 fully saturated rings. The minimum absolute atomic E-state index is 0.282. The fourth-order valence-electron chi connectivity index (χ4n) is 2.32. The van der Waals surface area contributed by atoms with Gasteiger partial charge in [-0.05, 0) is 51.8 Å². The normalized spacial score (nSPS) is 11.3. The van der Waals surface area contributed by atoms with Crippen molar-refractivity contribution in [2.75, 3.05) is 5.32 Å². The van der Waals surface area contributed by atoms with E-state index in [0.717, 1.165) is 11.1 Å². The van der Waals surface area contributed by atoms with Crippen LogP contribution in [0.5, 0.6) is 0 Å². The molecule has 130 valence electrons. The molecule has 2 rings (SSSR count). The molecule has 6 nitrogen and oxygen atoms in total. The van der Waals surface area contributed by atoms with E-state index in [2.05, 4.69) is 15.4 Å². The van der Waals surface area contributed by atoms with E-state index < -0.39 is 11.9 Å². The van der Waals surface area contributed by atoms with Crippen molar-refractivity contribution in [2.45, 2.75) is 54.5 Å². The second kappa shape index (κ2) is 8.38. The Balaban J connectivity index is 0.00000139.